The molecule has 1 aliphatic heterocycles. The first kappa shape index (κ1) is 21.5. The SMILES string of the molecule is Cc1ccccc1Cn1ccnc1CN(CCN1CCOCC1)C(=O)CC(C)C. The molecule has 158 valence electrons. The minimum atomic E-state index is 0.207. The number of benzene rings is 1. The molecule has 0 radical (unpaired) electrons. The highest BCUT2D eigenvalue weighted by molar-refractivity contribution is 5.76. The fourth-order valence-electron chi connectivity index (χ4n) is 3.63. The molecule has 3 rings (SSSR count). The van der Waals surface area contributed by atoms with Crippen LogP contribution in [0.25, 0.3) is 0 Å². The zero-order valence-corrected chi connectivity index (χ0v) is 18.0. The van der Waals surface area contributed by atoms with Gasteiger partial charge in [-0.25, -0.2) is 4.98 Å². The van der Waals surface area contributed by atoms with Gasteiger partial charge in [-0.3, -0.25) is 9.69 Å². The van der Waals surface area contributed by atoms with E-state index in [4.69, 9.17) is 4.74 Å². The van der Waals surface area contributed by atoms with Gasteiger partial charge >= 0.3 is 0 Å². The Morgan fingerprint density at radius 3 is 2.72 bits per heavy atom. The van der Waals surface area contributed by atoms with E-state index in [9.17, 15) is 4.79 Å². The number of morpholine rings is 1. The maximum atomic E-state index is 12.9. The van der Waals surface area contributed by atoms with Gasteiger partial charge < -0.3 is 14.2 Å². The van der Waals surface area contributed by atoms with Gasteiger partial charge in [0.25, 0.3) is 0 Å². The van der Waals surface area contributed by atoms with E-state index in [2.05, 4.69) is 59.5 Å². The molecule has 1 amide bonds. The molecule has 2 aromatic rings. The Bertz CT molecular complexity index is 781. The Morgan fingerprint density at radius 2 is 2.00 bits per heavy atom. The third-order valence-electron chi connectivity index (χ3n) is 5.46. The van der Waals surface area contributed by atoms with Crippen molar-refractivity contribution in [1.29, 1.82) is 0 Å². The van der Waals surface area contributed by atoms with Gasteiger partial charge in [0.15, 0.2) is 0 Å². The normalized spacial score (nSPS) is 15.0. The molecule has 0 aliphatic carbocycles. The number of ether oxygens (including phenoxy) is 1. The predicted molar refractivity (Wildman–Crippen MR) is 115 cm³/mol. The number of imidazole rings is 1. The van der Waals surface area contributed by atoms with Crippen LogP contribution in [-0.4, -0.2) is 64.7 Å². The van der Waals surface area contributed by atoms with Gasteiger partial charge in [-0.05, 0) is 24.0 Å². The van der Waals surface area contributed by atoms with Crippen molar-refractivity contribution in [2.75, 3.05) is 39.4 Å². The van der Waals surface area contributed by atoms with Crippen molar-refractivity contribution in [2.24, 2.45) is 5.92 Å². The Labute approximate surface area is 174 Å². The summed E-state index contributed by atoms with van der Waals surface area (Å²) >= 11 is 0. The van der Waals surface area contributed by atoms with Crippen molar-refractivity contribution in [1.82, 2.24) is 19.4 Å². The summed E-state index contributed by atoms with van der Waals surface area (Å²) in [5, 5.41) is 0. The number of hydrogen-bond acceptors (Lipinski definition) is 4. The summed E-state index contributed by atoms with van der Waals surface area (Å²) in [6.45, 7) is 12.7. The molecule has 0 unspecified atom stereocenters. The molecule has 0 bridgehead atoms. The van der Waals surface area contributed by atoms with Crippen LogP contribution in [0.1, 0.15) is 37.2 Å². The molecule has 0 saturated carbocycles. The Morgan fingerprint density at radius 1 is 1.24 bits per heavy atom. The van der Waals surface area contributed by atoms with Crippen LogP contribution >= 0.6 is 0 Å². The van der Waals surface area contributed by atoms with Crippen LogP contribution in [0, 0.1) is 12.8 Å². The fraction of sp³-hybridized carbons (Fsp3) is 0.565. The van der Waals surface area contributed by atoms with Crippen LogP contribution in [0.15, 0.2) is 36.7 Å². The van der Waals surface area contributed by atoms with Crippen molar-refractivity contribution in [3.63, 3.8) is 0 Å². The van der Waals surface area contributed by atoms with Gasteiger partial charge in [0.05, 0.1) is 19.8 Å². The maximum absolute atomic E-state index is 12.9. The number of carbonyl (C=O) groups is 1. The smallest absolute Gasteiger partial charge is 0.223 e. The van der Waals surface area contributed by atoms with Crippen LogP contribution in [0.5, 0.6) is 0 Å². The first-order chi connectivity index (χ1) is 14.0. The number of rotatable bonds is 9. The summed E-state index contributed by atoms with van der Waals surface area (Å²) in [4.78, 5) is 21.8. The quantitative estimate of drug-likeness (QED) is 0.652. The highest BCUT2D eigenvalue weighted by Crippen LogP contribution is 2.14. The number of aromatic nitrogens is 2. The first-order valence-corrected chi connectivity index (χ1v) is 10.7. The molecule has 1 aliphatic rings. The molecule has 0 spiro atoms. The average Bonchev–Trinajstić information content (AvgIpc) is 3.14. The van der Waals surface area contributed by atoms with Gasteiger partial charge in [-0.15, -0.1) is 0 Å². The van der Waals surface area contributed by atoms with E-state index in [0.29, 0.717) is 18.9 Å². The molecule has 29 heavy (non-hydrogen) atoms. The lowest BCUT2D eigenvalue weighted by atomic mass is 10.1. The highest BCUT2D eigenvalue weighted by Gasteiger charge is 2.20. The van der Waals surface area contributed by atoms with Crippen molar-refractivity contribution in [3.8, 4) is 0 Å². The van der Waals surface area contributed by atoms with Crippen LogP contribution in [-0.2, 0) is 22.6 Å². The molecule has 0 atom stereocenters. The Kier molecular flexibility index (Phi) is 7.83. The van der Waals surface area contributed by atoms with Crippen molar-refractivity contribution in [3.05, 3.63) is 53.6 Å². The summed E-state index contributed by atoms with van der Waals surface area (Å²) in [7, 11) is 0. The molecule has 2 heterocycles. The van der Waals surface area contributed by atoms with E-state index in [1.807, 2.05) is 17.3 Å². The maximum Gasteiger partial charge on any atom is 0.223 e. The molecule has 0 N–H and O–H groups in total. The van der Waals surface area contributed by atoms with Crippen molar-refractivity contribution < 1.29 is 9.53 Å². The summed E-state index contributed by atoms with van der Waals surface area (Å²) in [5.41, 5.74) is 2.55. The predicted octanol–water partition coefficient (Wildman–Crippen LogP) is 2.95. The fourth-order valence-corrected chi connectivity index (χ4v) is 3.63. The molecular weight excluding hydrogens is 364 g/mol. The van der Waals surface area contributed by atoms with Crippen LogP contribution in [0.3, 0.4) is 0 Å². The van der Waals surface area contributed by atoms with E-state index in [0.717, 1.165) is 51.8 Å². The minimum Gasteiger partial charge on any atom is -0.379 e. The van der Waals surface area contributed by atoms with Gasteiger partial charge in [-0.1, -0.05) is 38.1 Å². The van der Waals surface area contributed by atoms with E-state index >= 15 is 0 Å². The van der Waals surface area contributed by atoms with Crippen LogP contribution in [0.4, 0.5) is 0 Å². The second-order valence-corrected chi connectivity index (χ2v) is 8.27. The second-order valence-electron chi connectivity index (χ2n) is 8.27. The number of aryl methyl sites for hydroxylation is 1. The Balaban J connectivity index is 1.69. The summed E-state index contributed by atoms with van der Waals surface area (Å²) < 4.78 is 7.60. The third kappa shape index (κ3) is 6.41. The highest BCUT2D eigenvalue weighted by atomic mass is 16.5. The summed E-state index contributed by atoms with van der Waals surface area (Å²) in [6.07, 6.45) is 4.41. The molecule has 6 heteroatoms. The van der Waals surface area contributed by atoms with E-state index in [1.165, 1.54) is 11.1 Å². The second kappa shape index (κ2) is 10.6. The molecule has 1 saturated heterocycles. The summed E-state index contributed by atoms with van der Waals surface area (Å²) in [6, 6.07) is 8.41. The standard InChI is InChI=1S/C23H34N4O2/c1-19(2)16-23(28)27(11-10-25-12-14-29-15-13-25)18-22-24-8-9-26(22)17-21-7-5-4-6-20(21)3/h4-9,19H,10-18H2,1-3H3. The molecular formula is C23H34N4O2. The number of nitrogens with zero attached hydrogens (tertiary/aromatic N) is 4. The van der Waals surface area contributed by atoms with Gasteiger partial charge in [0, 0.05) is 51.5 Å². The third-order valence-corrected chi connectivity index (χ3v) is 5.46. The first-order valence-electron chi connectivity index (χ1n) is 10.7. The molecule has 1 aromatic carbocycles. The van der Waals surface area contributed by atoms with Crippen LogP contribution in [0.2, 0.25) is 0 Å². The lowest BCUT2D eigenvalue weighted by molar-refractivity contribution is -0.133. The largest absolute Gasteiger partial charge is 0.379 e. The Hall–Kier alpha value is -2.18. The van der Waals surface area contributed by atoms with E-state index < -0.39 is 0 Å². The van der Waals surface area contributed by atoms with Gasteiger partial charge in [0.2, 0.25) is 5.91 Å². The van der Waals surface area contributed by atoms with E-state index in [-0.39, 0.29) is 5.91 Å². The monoisotopic (exact) mass is 398 g/mol. The molecule has 1 aromatic heterocycles. The zero-order valence-electron chi connectivity index (χ0n) is 18.0. The lowest BCUT2D eigenvalue weighted by Gasteiger charge is -2.30. The molecule has 6 nitrogen and oxygen atoms in total. The average molecular weight is 399 g/mol. The topological polar surface area (TPSA) is 50.6 Å². The zero-order chi connectivity index (χ0) is 20.6. The number of hydrogen-bond donors (Lipinski definition) is 0. The minimum absolute atomic E-state index is 0.207. The van der Waals surface area contributed by atoms with Gasteiger partial charge in [0.1, 0.15) is 5.82 Å². The number of amides is 1. The van der Waals surface area contributed by atoms with Gasteiger partial charge in [-0.2, -0.15) is 0 Å². The molecule has 1 fully saturated rings. The van der Waals surface area contributed by atoms with Crippen molar-refractivity contribution >= 4 is 5.91 Å². The summed E-state index contributed by atoms with van der Waals surface area (Å²) in [5.74, 6) is 1.49. The van der Waals surface area contributed by atoms with Crippen molar-refractivity contribution in [2.45, 2.75) is 40.3 Å². The van der Waals surface area contributed by atoms with E-state index in [1.54, 1.807) is 0 Å². The van der Waals surface area contributed by atoms with Crippen LogP contribution < -0.4 is 0 Å². The number of carbonyl (C=O) groups excluding carboxylic acids is 1. The lowest BCUT2D eigenvalue weighted by Crippen LogP contribution is -2.43.